The fourth-order valence-corrected chi connectivity index (χ4v) is 3.89. The molecule has 0 bridgehead atoms. The van der Waals surface area contributed by atoms with Crippen LogP contribution in [0.25, 0.3) is 0 Å². The number of unbranched alkanes of at least 4 members (excludes halogenated alkanes) is 1. The molecule has 25 heavy (non-hydrogen) atoms. The van der Waals surface area contributed by atoms with E-state index in [4.69, 9.17) is 9.73 Å². The molecular formula is C23H33NO. The number of hydrogen-bond acceptors (Lipinski definition) is 2. The molecule has 1 fully saturated rings. The first-order chi connectivity index (χ1) is 12.2. The number of hydrogen-bond donors (Lipinski definition) is 0. The smallest absolute Gasteiger partial charge is 0.216 e. The molecule has 1 aliphatic carbocycles. The Morgan fingerprint density at radius 2 is 1.84 bits per heavy atom. The first-order valence-electron chi connectivity index (χ1n) is 10.1. The van der Waals surface area contributed by atoms with E-state index in [1.165, 1.54) is 44.1 Å². The Hall–Kier alpha value is -1.57. The van der Waals surface area contributed by atoms with Gasteiger partial charge in [0.2, 0.25) is 5.90 Å². The molecule has 1 aliphatic heterocycles. The summed E-state index contributed by atoms with van der Waals surface area (Å²) in [5, 5.41) is 0. The second-order valence-corrected chi connectivity index (χ2v) is 8.01. The van der Waals surface area contributed by atoms with E-state index in [9.17, 15) is 0 Å². The second-order valence-electron chi connectivity index (χ2n) is 8.01. The average Bonchev–Trinajstić information content (AvgIpc) is 3.13. The van der Waals surface area contributed by atoms with E-state index in [1.807, 2.05) is 0 Å². The van der Waals surface area contributed by atoms with Gasteiger partial charge in [-0.25, -0.2) is 4.99 Å². The first kappa shape index (κ1) is 18.2. The molecule has 0 spiro atoms. The Morgan fingerprint density at radius 3 is 2.44 bits per heavy atom. The summed E-state index contributed by atoms with van der Waals surface area (Å²) in [6.45, 7) is 7.38. The quantitative estimate of drug-likeness (QED) is 0.572. The average molecular weight is 340 g/mol. The van der Waals surface area contributed by atoms with E-state index >= 15 is 0 Å². The van der Waals surface area contributed by atoms with Gasteiger partial charge in [0.05, 0.1) is 6.04 Å². The van der Waals surface area contributed by atoms with E-state index in [0.717, 1.165) is 29.9 Å². The fraction of sp³-hybridized carbons (Fsp3) is 0.609. The molecule has 0 saturated heterocycles. The Kier molecular flexibility index (Phi) is 6.34. The molecule has 0 aromatic heterocycles. The minimum Gasteiger partial charge on any atom is -0.475 e. The van der Waals surface area contributed by atoms with Crippen molar-refractivity contribution in [1.29, 1.82) is 0 Å². The number of ether oxygens (including phenoxy) is 1. The minimum atomic E-state index is 0.311. The van der Waals surface area contributed by atoms with Gasteiger partial charge in [0.15, 0.2) is 0 Å². The third-order valence-electron chi connectivity index (χ3n) is 5.71. The predicted molar refractivity (Wildman–Crippen MR) is 106 cm³/mol. The van der Waals surface area contributed by atoms with Crippen LogP contribution in [-0.4, -0.2) is 18.5 Å². The highest BCUT2D eigenvalue weighted by atomic mass is 16.5. The summed E-state index contributed by atoms with van der Waals surface area (Å²) in [5.41, 5.74) is 2.61. The Balaban J connectivity index is 1.56. The molecular weight excluding hydrogens is 306 g/mol. The van der Waals surface area contributed by atoms with Crippen LogP contribution in [0.5, 0.6) is 0 Å². The third kappa shape index (κ3) is 4.74. The highest BCUT2D eigenvalue weighted by Gasteiger charge is 2.24. The van der Waals surface area contributed by atoms with E-state index in [2.05, 4.69) is 57.2 Å². The van der Waals surface area contributed by atoms with Crippen molar-refractivity contribution in [2.24, 2.45) is 16.8 Å². The molecule has 0 unspecified atom stereocenters. The SMILES string of the molecule is CCCC=C[C@H]1CC[C@H](c2ccc(C3=N[C@@H](C(C)C)CO3)cc2)CC1. The zero-order chi connectivity index (χ0) is 17.6. The summed E-state index contributed by atoms with van der Waals surface area (Å²) in [7, 11) is 0. The van der Waals surface area contributed by atoms with Crippen molar-refractivity contribution >= 4 is 5.90 Å². The molecule has 0 radical (unpaired) electrons. The van der Waals surface area contributed by atoms with Crippen LogP contribution < -0.4 is 0 Å². The molecule has 2 aliphatic rings. The number of benzene rings is 1. The van der Waals surface area contributed by atoms with Crippen molar-refractivity contribution in [2.45, 2.75) is 71.3 Å². The maximum absolute atomic E-state index is 5.80. The van der Waals surface area contributed by atoms with Crippen LogP contribution in [0.2, 0.25) is 0 Å². The number of allylic oxidation sites excluding steroid dienone is 2. The van der Waals surface area contributed by atoms with E-state index in [-0.39, 0.29) is 0 Å². The summed E-state index contributed by atoms with van der Waals surface area (Å²) < 4.78 is 5.80. The van der Waals surface area contributed by atoms with Crippen LogP contribution in [-0.2, 0) is 4.74 Å². The van der Waals surface area contributed by atoms with Crippen LogP contribution >= 0.6 is 0 Å². The van der Waals surface area contributed by atoms with Crippen LogP contribution in [0.15, 0.2) is 41.4 Å². The molecule has 0 N–H and O–H groups in total. The van der Waals surface area contributed by atoms with Crippen LogP contribution in [0.3, 0.4) is 0 Å². The maximum Gasteiger partial charge on any atom is 0.216 e. The van der Waals surface area contributed by atoms with Gasteiger partial charge in [-0.15, -0.1) is 0 Å². The highest BCUT2D eigenvalue weighted by molar-refractivity contribution is 5.95. The number of rotatable bonds is 6. The van der Waals surface area contributed by atoms with Gasteiger partial charge in [-0.2, -0.15) is 0 Å². The van der Waals surface area contributed by atoms with E-state index in [0.29, 0.717) is 12.0 Å². The Labute approximate surface area is 153 Å². The molecule has 2 nitrogen and oxygen atoms in total. The lowest BCUT2D eigenvalue weighted by Crippen LogP contribution is -2.13. The maximum atomic E-state index is 5.80. The van der Waals surface area contributed by atoms with Crippen molar-refractivity contribution in [3.05, 3.63) is 47.5 Å². The van der Waals surface area contributed by atoms with E-state index in [1.54, 1.807) is 0 Å². The minimum absolute atomic E-state index is 0.311. The number of nitrogens with zero attached hydrogens (tertiary/aromatic N) is 1. The van der Waals surface area contributed by atoms with Crippen molar-refractivity contribution in [3.8, 4) is 0 Å². The van der Waals surface area contributed by atoms with Crippen LogP contribution in [0.4, 0.5) is 0 Å². The zero-order valence-electron chi connectivity index (χ0n) is 16.1. The monoisotopic (exact) mass is 339 g/mol. The van der Waals surface area contributed by atoms with Gasteiger partial charge in [-0.05, 0) is 67.6 Å². The van der Waals surface area contributed by atoms with Crippen LogP contribution in [0.1, 0.15) is 76.3 Å². The standard InChI is InChI=1S/C23H33NO/c1-4-5-6-7-18-8-10-19(11-9-18)20-12-14-21(15-13-20)23-24-22(16-25-23)17(2)3/h6-7,12-15,17-19,22H,4-5,8-11,16H2,1-3H3/t18-,19-,22-/m1/s1. The molecule has 1 atom stereocenters. The topological polar surface area (TPSA) is 21.6 Å². The van der Waals surface area contributed by atoms with Crippen molar-refractivity contribution in [1.82, 2.24) is 0 Å². The Bertz CT molecular complexity index is 591. The fourth-order valence-electron chi connectivity index (χ4n) is 3.89. The van der Waals surface area contributed by atoms with Crippen molar-refractivity contribution in [2.75, 3.05) is 6.61 Å². The summed E-state index contributed by atoms with van der Waals surface area (Å²) >= 11 is 0. The number of aliphatic imine (C=N–C) groups is 1. The predicted octanol–water partition coefficient (Wildman–Crippen LogP) is 6.12. The normalized spacial score (nSPS) is 26.9. The van der Waals surface area contributed by atoms with Crippen molar-refractivity contribution < 1.29 is 4.74 Å². The van der Waals surface area contributed by atoms with Gasteiger partial charge in [0, 0.05) is 5.56 Å². The van der Waals surface area contributed by atoms with Gasteiger partial charge in [-0.3, -0.25) is 0 Å². The zero-order valence-corrected chi connectivity index (χ0v) is 16.1. The molecule has 1 saturated carbocycles. The lowest BCUT2D eigenvalue weighted by Gasteiger charge is -2.27. The summed E-state index contributed by atoms with van der Waals surface area (Å²) in [4.78, 5) is 4.73. The second kappa shape index (κ2) is 8.69. The molecule has 1 heterocycles. The van der Waals surface area contributed by atoms with Gasteiger partial charge in [-0.1, -0.05) is 51.5 Å². The molecule has 1 aromatic rings. The summed E-state index contributed by atoms with van der Waals surface area (Å²) in [5.74, 6) is 2.89. The summed E-state index contributed by atoms with van der Waals surface area (Å²) in [6.07, 6.45) is 12.6. The molecule has 1 aromatic carbocycles. The van der Waals surface area contributed by atoms with Gasteiger partial charge < -0.3 is 4.74 Å². The largest absolute Gasteiger partial charge is 0.475 e. The van der Waals surface area contributed by atoms with Crippen LogP contribution in [0, 0.1) is 11.8 Å². The lowest BCUT2D eigenvalue weighted by atomic mass is 9.78. The molecule has 0 amide bonds. The molecule has 3 rings (SSSR count). The molecule has 136 valence electrons. The first-order valence-corrected chi connectivity index (χ1v) is 10.1. The van der Waals surface area contributed by atoms with Gasteiger partial charge >= 0.3 is 0 Å². The summed E-state index contributed by atoms with van der Waals surface area (Å²) in [6, 6.07) is 9.29. The van der Waals surface area contributed by atoms with Crippen molar-refractivity contribution in [3.63, 3.8) is 0 Å². The van der Waals surface area contributed by atoms with Gasteiger partial charge in [0.1, 0.15) is 6.61 Å². The lowest BCUT2D eigenvalue weighted by molar-refractivity contribution is 0.292. The Morgan fingerprint density at radius 1 is 1.12 bits per heavy atom. The molecule has 2 heteroatoms. The third-order valence-corrected chi connectivity index (χ3v) is 5.71. The van der Waals surface area contributed by atoms with E-state index < -0.39 is 0 Å². The van der Waals surface area contributed by atoms with Gasteiger partial charge in [0.25, 0.3) is 0 Å². The highest BCUT2D eigenvalue weighted by Crippen LogP contribution is 2.36.